The van der Waals surface area contributed by atoms with Crippen molar-refractivity contribution in [3.63, 3.8) is 0 Å². The van der Waals surface area contributed by atoms with Gasteiger partial charge in [-0.1, -0.05) is 48.5 Å². The van der Waals surface area contributed by atoms with Crippen LogP contribution in [0.5, 0.6) is 5.75 Å². The number of hydrogen-bond acceptors (Lipinski definition) is 6. The molecule has 0 aromatic heterocycles. The number of carbonyl (C=O) groups excluding carboxylic acids is 3. The monoisotopic (exact) mass is 543 g/mol. The number of carbonyl (C=O) groups is 3. The van der Waals surface area contributed by atoms with Crippen LogP contribution in [-0.2, 0) is 16.2 Å². The summed E-state index contributed by atoms with van der Waals surface area (Å²) >= 11 is 0.826. The van der Waals surface area contributed by atoms with Gasteiger partial charge in [-0.05, 0) is 74.4 Å². The van der Waals surface area contributed by atoms with Gasteiger partial charge in [0.2, 0.25) is 5.91 Å². The fourth-order valence-electron chi connectivity index (χ4n) is 4.40. The number of nitrogens with zero attached hydrogens (tertiary/aromatic N) is 2. The highest BCUT2D eigenvalue weighted by molar-refractivity contribution is 8.18. The first-order valence-corrected chi connectivity index (χ1v) is 13.8. The predicted molar refractivity (Wildman–Crippen MR) is 158 cm³/mol. The van der Waals surface area contributed by atoms with Crippen molar-refractivity contribution >= 4 is 46.3 Å². The van der Waals surface area contributed by atoms with E-state index in [2.05, 4.69) is 24.1 Å². The molecule has 1 aliphatic heterocycles. The Morgan fingerprint density at radius 2 is 1.67 bits per heavy atom. The number of thioether (sulfide) groups is 1. The van der Waals surface area contributed by atoms with E-state index in [-0.39, 0.29) is 11.4 Å². The molecular weight excluding hydrogens is 510 g/mol. The summed E-state index contributed by atoms with van der Waals surface area (Å²) in [5, 5.41) is 2.36. The van der Waals surface area contributed by atoms with E-state index in [1.54, 1.807) is 6.08 Å². The smallest absolute Gasteiger partial charge is 0.294 e. The first-order valence-electron chi connectivity index (χ1n) is 13.0. The molecule has 0 bridgehead atoms. The average Bonchev–Trinajstić information content (AvgIpc) is 3.19. The normalized spacial score (nSPS) is 14.2. The first kappa shape index (κ1) is 28.0. The number of para-hydroxylation sites is 1. The quantitative estimate of drug-likeness (QED) is 0.298. The lowest BCUT2D eigenvalue weighted by Gasteiger charge is -2.22. The molecule has 8 heteroatoms. The highest BCUT2D eigenvalue weighted by Gasteiger charge is 2.36. The number of imide groups is 1. The Bertz CT molecular complexity index is 1380. The summed E-state index contributed by atoms with van der Waals surface area (Å²) in [6, 6.07) is 21.4. The highest BCUT2D eigenvalue weighted by atomic mass is 32.2. The van der Waals surface area contributed by atoms with Crippen molar-refractivity contribution in [2.24, 2.45) is 0 Å². The predicted octanol–water partition coefficient (Wildman–Crippen LogP) is 6.40. The second-order valence-electron chi connectivity index (χ2n) is 9.25. The lowest BCUT2D eigenvalue weighted by molar-refractivity contribution is -0.127. The lowest BCUT2D eigenvalue weighted by Crippen LogP contribution is -2.36. The van der Waals surface area contributed by atoms with Gasteiger partial charge in [0.25, 0.3) is 11.1 Å². The summed E-state index contributed by atoms with van der Waals surface area (Å²) in [5.74, 6) is -0.308. The molecule has 1 fully saturated rings. The summed E-state index contributed by atoms with van der Waals surface area (Å²) < 4.78 is 6.20. The van der Waals surface area contributed by atoms with E-state index >= 15 is 0 Å². The second-order valence-corrected chi connectivity index (χ2v) is 10.2. The Balaban J connectivity index is 1.55. The maximum absolute atomic E-state index is 13.2. The molecule has 39 heavy (non-hydrogen) atoms. The topological polar surface area (TPSA) is 79.0 Å². The number of amides is 3. The third-order valence-corrected chi connectivity index (χ3v) is 7.48. The summed E-state index contributed by atoms with van der Waals surface area (Å²) in [6.45, 7) is 9.68. The molecule has 0 saturated carbocycles. The van der Waals surface area contributed by atoms with Gasteiger partial charge in [0.1, 0.15) is 18.9 Å². The zero-order valence-electron chi connectivity index (χ0n) is 22.7. The van der Waals surface area contributed by atoms with Crippen LogP contribution < -0.4 is 15.0 Å². The van der Waals surface area contributed by atoms with Crippen LogP contribution in [0.25, 0.3) is 6.08 Å². The molecule has 202 valence electrons. The van der Waals surface area contributed by atoms with Crippen LogP contribution in [-0.4, -0.2) is 41.6 Å². The largest absolute Gasteiger partial charge is 0.488 e. The fourth-order valence-corrected chi connectivity index (χ4v) is 5.23. The van der Waals surface area contributed by atoms with E-state index in [4.69, 9.17) is 4.74 Å². The molecule has 3 aromatic carbocycles. The molecule has 0 unspecified atom stereocenters. The third-order valence-electron chi connectivity index (χ3n) is 6.57. The Morgan fingerprint density at radius 1 is 0.974 bits per heavy atom. The van der Waals surface area contributed by atoms with Crippen LogP contribution in [0, 0.1) is 13.8 Å². The van der Waals surface area contributed by atoms with Gasteiger partial charge in [-0.25, -0.2) is 0 Å². The van der Waals surface area contributed by atoms with Gasteiger partial charge in [0.15, 0.2) is 0 Å². The number of hydrogen-bond donors (Lipinski definition) is 1. The second kappa shape index (κ2) is 12.7. The Hall–Kier alpha value is -4.04. The lowest BCUT2D eigenvalue weighted by atomic mass is 10.1. The number of rotatable bonds is 10. The molecule has 1 saturated heterocycles. The molecule has 0 spiro atoms. The van der Waals surface area contributed by atoms with Gasteiger partial charge < -0.3 is 15.0 Å². The molecule has 3 amide bonds. The summed E-state index contributed by atoms with van der Waals surface area (Å²) in [5.41, 5.74) is 5.23. The van der Waals surface area contributed by atoms with E-state index in [1.807, 2.05) is 80.6 Å². The number of benzene rings is 3. The van der Waals surface area contributed by atoms with Crippen LogP contribution in [0.2, 0.25) is 0 Å². The van der Waals surface area contributed by atoms with Crippen molar-refractivity contribution in [1.29, 1.82) is 0 Å². The minimum absolute atomic E-state index is 0.250. The van der Waals surface area contributed by atoms with Crippen LogP contribution >= 0.6 is 11.8 Å². The molecule has 0 radical (unpaired) electrons. The maximum atomic E-state index is 13.2. The maximum Gasteiger partial charge on any atom is 0.294 e. The summed E-state index contributed by atoms with van der Waals surface area (Å²) in [4.78, 5) is 42.1. The Labute approximate surface area is 233 Å². The molecule has 1 aliphatic rings. The summed E-state index contributed by atoms with van der Waals surface area (Å²) in [6.07, 6.45) is 1.67. The van der Waals surface area contributed by atoms with Crippen molar-refractivity contribution in [2.75, 3.05) is 29.9 Å². The first-order chi connectivity index (χ1) is 18.8. The average molecular weight is 544 g/mol. The van der Waals surface area contributed by atoms with Crippen LogP contribution in [0.1, 0.15) is 36.1 Å². The van der Waals surface area contributed by atoms with E-state index in [0.717, 1.165) is 52.1 Å². The van der Waals surface area contributed by atoms with E-state index < -0.39 is 17.1 Å². The fraction of sp³-hybridized carbons (Fsp3) is 0.258. The molecule has 0 aliphatic carbocycles. The molecule has 7 nitrogen and oxygen atoms in total. The number of ether oxygens (including phenoxy) is 1. The summed E-state index contributed by atoms with van der Waals surface area (Å²) in [7, 11) is 0. The number of anilines is 2. The molecular formula is C31H33N3O4S. The minimum atomic E-state index is -0.497. The van der Waals surface area contributed by atoms with Gasteiger partial charge in [-0.2, -0.15) is 0 Å². The van der Waals surface area contributed by atoms with E-state index in [1.165, 1.54) is 0 Å². The Kier molecular flexibility index (Phi) is 9.09. The van der Waals surface area contributed by atoms with Crippen LogP contribution in [0.3, 0.4) is 0 Å². The van der Waals surface area contributed by atoms with Crippen molar-refractivity contribution < 1.29 is 19.1 Å². The Morgan fingerprint density at radius 3 is 2.33 bits per heavy atom. The van der Waals surface area contributed by atoms with Crippen LogP contribution in [0.15, 0.2) is 71.6 Å². The number of nitrogens with one attached hydrogen (secondary N) is 1. The van der Waals surface area contributed by atoms with Crippen molar-refractivity contribution in [1.82, 2.24) is 4.90 Å². The van der Waals surface area contributed by atoms with E-state index in [0.29, 0.717) is 23.6 Å². The van der Waals surface area contributed by atoms with Crippen molar-refractivity contribution in [3.05, 3.63) is 93.9 Å². The minimum Gasteiger partial charge on any atom is -0.488 e. The van der Waals surface area contributed by atoms with Gasteiger partial charge >= 0.3 is 0 Å². The molecule has 4 rings (SSSR count). The molecule has 3 aromatic rings. The molecule has 1 heterocycles. The van der Waals surface area contributed by atoms with Crippen molar-refractivity contribution in [2.45, 2.75) is 34.3 Å². The molecule has 1 N–H and O–H groups in total. The van der Waals surface area contributed by atoms with Crippen molar-refractivity contribution in [3.8, 4) is 5.75 Å². The highest BCUT2D eigenvalue weighted by Crippen LogP contribution is 2.35. The standard InChI is InChI=1S/C31H33N3O4S/c1-5-33(6-2)25-16-15-24(26(18-25)38-20-23-13-8-7-9-14-23)17-27-30(36)34(31(37)39-27)19-28(35)32-29-21(3)11-10-12-22(29)4/h7-18H,5-6,19-20H2,1-4H3,(H,32,35)/b27-17+. The zero-order chi connectivity index (χ0) is 27.9. The third kappa shape index (κ3) is 6.70. The van der Waals surface area contributed by atoms with E-state index in [9.17, 15) is 14.4 Å². The van der Waals surface area contributed by atoms with Gasteiger partial charge in [-0.15, -0.1) is 0 Å². The van der Waals surface area contributed by atoms with Crippen LogP contribution in [0.4, 0.5) is 16.2 Å². The van der Waals surface area contributed by atoms with Gasteiger partial charge in [0, 0.05) is 36.1 Å². The SMILES string of the molecule is CCN(CC)c1ccc(/C=C2/SC(=O)N(CC(=O)Nc3c(C)cccc3C)C2=O)c(OCc2ccccc2)c1. The number of aryl methyl sites for hydroxylation is 2. The van der Waals surface area contributed by atoms with Gasteiger partial charge in [-0.3, -0.25) is 19.3 Å². The van der Waals surface area contributed by atoms with Gasteiger partial charge in [0.05, 0.1) is 4.91 Å². The molecule has 0 atom stereocenters. The zero-order valence-corrected chi connectivity index (χ0v) is 23.5.